The summed E-state index contributed by atoms with van der Waals surface area (Å²) in [7, 11) is 0. The minimum atomic E-state index is -0.135. The molecule has 0 aliphatic carbocycles. The average Bonchev–Trinajstić information content (AvgIpc) is 2.80. The number of anilines is 1. The van der Waals surface area contributed by atoms with Gasteiger partial charge in [0.25, 0.3) is 0 Å². The van der Waals surface area contributed by atoms with Gasteiger partial charge in [-0.3, -0.25) is 4.99 Å². The number of aliphatic imine (C=N–C) groups is 1. The van der Waals surface area contributed by atoms with Gasteiger partial charge in [-0.15, -0.1) is 0 Å². The van der Waals surface area contributed by atoms with Gasteiger partial charge in [0.2, 0.25) is 0 Å². The summed E-state index contributed by atoms with van der Waals surface area (Å²) < 4.78 is 0. The third-order valence-corrected chi connectivity index (χ3v) is 4.30. The maximum absolute atomic E-state index is 6.31. The van der Waals surface area contributed by atoms with Gasteiger partial charge in [0, 0.05) is 26.3 Å². The molecule has 3 nitrogen and oxygen atoms in total. The molecule has 21 heavy (non-hydrogen) atoms. The molecule has 1 aliphatic rings. The van der Waals surface area contributed by atoms with Crippen LogP contribution in [0.3, 0.4) is 0 Å². The van der Waals surface area contributed by atoms with E-state index in [1.165, 1.54) is 0 Å². The molecule has 0 bridgehead atoms. The molecule has 0 spiro atoms. The Balaban J connectivity index is 2.07. The van der Waals surface area contributed by atoms with Crippen LogP contribution in [0, 0.1) is 0 Å². The quantitative estimate of drug-likeness (QED) is 0.873. The molecule has 0 saturated carbocycles. The van der Waals surface area contributed by atoms with Crippen molar-refractivity contribution in [3.8, 4) is 0 Å². The first-order valence-electron chi connectivity index (χ1n) is 6.36. The molecule has 0 aromatic heterocycles. The molecule has 0 amide bonds. The summed E-state index contributed by atoms with van der Waals surface area (Å²) in [5.74, 6) is 0.429. The summed E-state index contributed by atoms with van der Waals surface area (Å²) in [5.41, 5.74) is 7.72. The van der Waals surface area contributed by atoms with Gasteiger partial charge in [-0.2, -0.15) is 0 Å². The van der Waals surface area contributed by atoms with E-state index in [1.807, 2.05) is 47.4 Å². The number of hydrogen-bond donors (Lipinski definition) is 1. The minimum Gasteiger partial charge on any atom is -0.369 e. The summed E-state index contributed by atoms with van der Waals surface area (Å²) in [6.45, 7) is 0.502. The lowest BCUT2D eigenvalue weighted by molar-refractivity contribution is 0.769. The van der Waals surface area contributed by atoms with Crippen molar-refractivity contribution in [3.63, 3.8) is 0 Å². The molecule has 1 unspecified atom stereocenters. The van der Waals surface area contributed by atoms with Crippen LogP contribution in [0.5, 0.6) is 0 Å². The zero-order valence-electron chi connectivity index (χ0n) is 10.9. The topological polar surface area (TPSA) is 41.6 Å². The fourth-order valence-corrected chi connectivity index (χ4v) is 3.32. The molecule has 2 aromatic carbocycles. The van der Waals surface area contributed by atoms with Gasteiger partial charge in [-0.05, 0) is 30.3 Å². The zero-order valence-corrected chi connectivity index (χ0v) is 13.2. The first kappa shape index (κ1) is 14.5. The molecular weight excluding hydrogens is 329 g/mol. The predicted octanol–water partition coefficient (Wildman–Crippen LogP) is 4.52. The minimum absolute atomic E-state index is 0.135. The van der Waals surface area contributed by atoms with Crippen LogP contribution < -0.4 is 10.6 Å². The molecule has 1 atom stereocenters. The molecule has 0 saturated heterocycles. The molecule has 1 aliphatic heterocycles. The van der Waals surface area contributed by atoms with Crippen LogP contribution in [-0.4, -0.2) is 12.5 Å². The molecule has 2 N–H and O–H groups in total. The summed E-state index contributed by atoms with van der Waals surface area (Å²) in [6, 6.07) is 12.8. The van der Waals surface area contributed by atoms with E-state index in [1.54, 1.807) is 0 Å². The van der Waals surface area contributed by atoms with Crippen LogP contribution in [0.4, 0.5) is 5.69 Å². The third kappa shape index (κ3) is 2.69. The molecule has 0 fully saturated rings. The Labute approximate surface area is 137 Å². The number of nitrogens with two attached hydrogens (primary N) is 1. The molecule has 0 radical (unpaired) electrons. The lowest BCUT2D eigenvalue weighted by atomic mass is 10.1. The van der Waals surface area contributed by atoms with Crippen LogP contribution in [0.1, 0.15) is 11.6 Å². The molecule has 2 aromatic rings. The number of halogens is 3. The Bertz CT molecular complexity index is 695. The van der Waals surface area contributed by atoms with Gasteiger partial charge >= 0.3 is 0 Å². The average molecular weight is 341 g/mol. The van der Waals surface area contributed by atoms with E-state index in [2.05, 4.69) is 4.99 Å². The van der Waals surface area contributed by atoms with E-state index >= 15 is 0 Å². The van der Waals surface area contributed by atoms with E-state index in [4.69, 9.17) is 40.5 Å². The van der Waals surface area contributed by atoms with Crippen LogP contribution in [0.2, 0.25) is 15.1 Å². The van der Waals surface area contributed by atoms with Gasteiger partial charge in [-0.1, -0.05) is 46.9 Å². The maximum atomic E-state index is 6.31. The standard InChI is InChI=1S/C15H12Cl3N3/c16-9-3-1-4-10(7-9)21-13(8-20-15(21)19)14-11(17)5-2-6-12(14)18/h1-7,13H,8H2,(H2,19,20). The van der Waals surface area contributed by atoms with E-state index in [0.29, 0.717) is 27.6 Å². The van der Waals surface area contributed by atoms with Crippen molar-refractivity contribution in [3.05, 3.63) is 63.1 Å². The van der Waals surface area contributed by atoms with Crippen molar-refractivity contribution >= 4 is 46.4 Å². The molecular formula is C15H12Cl3N3. The Hall–Kier alpha value is -1.42. The zero-order chi connectivity index (χ0) is 15.0. The highest BCUT2D eigenvalue weighted by Gasteiger charge is 2.31. The predicted molar refractivity (Wildman–Crippen MR) is 89.6 cm³/mol. The smallest absolute Gasteiger partial charge is 0.196 e. The highest BCUT2D eigenvalue weighted by molar-refractivity contribution is 6.36. The SMILES string of the molecule is NC1=NCC(c2c(Cl)cccc2Cl)N1c1cccc(Cl)c1. The number of hydrogen-bond acceptors (Lipinski definition) is 3. The highest BCUT2D eigenvalue weighted by Crippen LogP contribution is 2.38. The number of rotatable bonds is 2. The largest absolute Gasteiger partial charge is 0.369 e. The van der Waals surface area contributed by atoms with Crippen molar-refractivity contribution in [1.82, 2.24) is 0 Å². The van der Waals surface area contributed by atoms with Crippen LogP contribution in [0.25, 0.3) is 0 Å². The van der Waals surface area contributed by atoms with Crippen molar-refractivity contribution in [2.75, 3.05) is 11.4 Å². The van der Waals surface area contributed by atoms with E-state index in [9.17, 15) is 0 Å². The Morgan fingerprint density at radius 2 is 1.71 bits per heavy atom. The number of guanidine groups is 1. The number of nitrogens with zero attached hydrogens (tertiary/aromatic N) is 2. The van der Waals surface area contributed by atoms with Crippen LogP contribution in [0.15, 0.2) is 47.5 Å². The number of benzene rings is 2. The van der Waals surface area contributed by atoms with Gasteiger partial charge in [-0.25, -0.2) is 0 Å². The lowest BCUT2D eigenvalue weighted by Gasteiger charge is -2.28. The maximum Gasteiger partial charge on any atom is 0.196 e. The van der Waals surface area contributed by atoms with Crippen molar-refractivity contribution in [2.24, 2.45) is 10.7 Å². The summed E-state index contributed by atoms with van der Waals surface area (Å²) in [6.07, 6.45) is 0. The van der Waals surface area contributed by atoms with Crippen LogP contribution in [-0.2, 0) is 0 Å². The molecule has 6 heteroatoms. The van der Waals surface area contributed by atoms with Gasteiger partial charge < -0.3 is 10.6 Å². The van der Waals surface area contributed by atoms with E-state index in [-0.39, 0.29) is 6.04 Å². The van der Waals surface area contributed by atoms with E-state index < -0.39 is 0 Å². The first-order valence-corrected chi connectivity index (χ1v) is 7.50. The van der Waals surface area contributed by atoms with Crippen LogP contribution >= 0.6 is 34.8 Å². The third-order valence-electron chi connectivity index (χ3n) is 3.40. The molecule has 3 rings (SSSR count). The second-order valence-electron chi connectivity index (χ2n) is 4.70. The van der Waals surface area contributed by atoms with E-state index in [0.717, 1.165) is 11.3 Å². The first-order chi connectivity index (χ1) is 10.1. The summed E-state index contributed by atoms with van der Waals surface area (Å²) in [4.78, 5) is 6.23. The second kappa shape index (κ2) is 5.76. The Morgan fingerprint density at radius 3 is 2.38 bits per heavy atom. The van der Waals surface area contributed by atoms with Gasteiger partial charge in [0.05, 0.1) is 12.6 Å². The fourth-order valence-electron chi connectivity index (χ4n) is 2.49. The van der Waals surface area contributed by atoms with Crippen molar-refractivity contribution in [1.29, 1.82) is 0 Å². The molecule has 1 heterocycles. The Kier molecular flexibility index (Phi) is 3.98. The molecule has 108 valence electrons. The van der Waals surface area contributed by atoms with Gasteiger partial charge in [0.1, 0.15) is 0 Å². The normalized spacial score (nSPS) is 18.0. The second-order valence-corrected chi connectivity index (χ2v) is 5.95. The highest BCUT2D eigenvalue weighted by atomic mass is 35.5. The lowest BCUT2D eigenvalue weighted by Crippen LogP contribution is -2.36. The summed E-state index contributed by atoms with van der Waals surface area (Å²) >= 11 is 18.7. The van der Waals surface area contributed by atoms with Crippen molar-refractivity contribution < 1.29 is 0 Å². The van der Waals surface area contributed by atoms with Crippen molar-refractivity contribution in [2.45, 2.75) is 6.04 Å². The van der Waals surface area contributed by atoms with Gasteiger partial charge in [0.15, 0.2) is 5.96 Å². The fraction of sp³-hybridized carbons (Fsp3) is 0.133. The monoisotopic (exact) mass is 339 g/mol. The summed E-state index contributed by atoms with van der Waals surface area (Å²) in [5, 5.41) is 1.84. The Morgan fingerprint density at radius 1 is 1.05 bits per heavy atom.